The third kappa shape index (κ3) is 5.35. The number of hydrogen-bond donors (Lipinski definition) is 2. The van der Waals surface area contributed by atoms with Crippen molar-refractivity contribution in [1.29, 1.82) is 0 Å². The molecule has 1 aromatic rings. The molecule has 0 spiro atoms. The first-order chi connectivity index (χ1) is 8.88. The molecule has 0 fully saturated rings. The Morgan fingerprint density at radius 1 is 1.11 bits per heavy atom. The van der Waals surface area contributed by atoms with E-state index in [4.69, 9.17) is 10.2 Å². The Morgan fingerprint density at radius 2 is 1.58 bits per heavy atom. The normalized spacial score (nSPS) is 10.4. The van der Waals surface area contributed by atoms with Crippen molar-refractivity contribution >= 4 is 17.5 Å². The quantitative estimate of drug-likeness (QED) is 0.782. The molecular formula is C14H17NO4. The molecule has 0 amide bonds. The Hall–Kier alpha value is -2.14. The van der Waals surface area contributed by atoms with Gasteiger partial charge in [0.2, 0.25) is 0 Å². The van der Waals surface area contributed by atoms with Gasteiger partial charge in [0, 0.05) is 6.54 Å². The lowest BCUT2D eigenvalue weighted by Gasteiger charge is -2.18. The first-order valence-electron chi connectivity index (χ1n) is 5.79. The van der Waals surface area contributed by atoms with Gasteiger partial charge in [0.05, 0.1) is 13.1 Å². The smallest absolute Gasteiger partial charge is 0.317 e. The first kappa shape index (κ1) is 14.9. The number of allylic oxidation sites excluding steroid dienone is 1. The lowest BCUT2D eigenvalue weighted by molar-refractivity contribution is -0.142. The minimum Gasteiger partial charge on any atom is -0.480 e. The Bertz CT molecular complexity index is 463. The van der Waals surface area contributed by atoms with E-state index in [1.807, 2.05) is 31.2 Å². The molecule has 0 atom stereocenters. The van der Waals surface area contributed by atoms with Crippen LogP contribution in [0.15, 0.2) is 30.8 Å². The minimum absolute atomic E-state index is 0.287. The second-order valence-corrected chi connectivity index (χ2v) is 4.41. The van der Waals surface area contributed by atoms with Gasteiger partial charge in [-0.2, -0.15) is 0 Å². The van der Waals surface area contributed by atoms with E-state index in [1.54, 1.807) is 0 Å². The molecular weight excluding hydrogens is 246 g/mol. The number of aliphatic carboxylic acids is 2. The van der Waals surface area contributed by atoms with Crippen molar-refractivity contribution in [2.45, 2.75) is 13.5 Å². The molecule has 0 radical (unpaired) electrons. The fourth-order valence-corrected chi connectivity index (χ4v) is 1.70. The molecule has 19 heavy (non-hydrogen) atoms. The van der Waals surface area contributed by atoms with E-state index in [9.17, 15) is 9.59 Å². The second-order valence-electron chi connectivity index (χ2n) is 4.41. The van der Waals surface area contributed by atoms with Crippen molar-refractivity contribution in [3.63, 3.8) is 0 Å². The number of nitrogens with zero attached hydrogens (tertiary/aromatic N) is 1. The summed E-state index contributed by atoms with van der Waals surface area (Å²) in [5.41, 5.74) is 2.82. The summed E-state index contributed by atoms with van der Waals surface area (Å²) < 4.78 is 0. The standard InChI is InChI=1S/C14H17NO4/c1-10(2)12-5-3-11(4-6-12)7-15(8-13(16)17)9-14(18)19/h3-6H,1,7-9H2,2H3,(H,16,17)(H,18,19). The van der Waals surface area contributed by atoms with Crippen LogP contribution in [0.25, 0.3) is 5.57 Å². The first-order valence-corrected chi connectivity index (χ1v) is 5.79. The van der Waals surface area contributed by atoms with E-state index in [1.165, 1.54) is 4.90 Å². The molecule has 0 aromatic heterocycles. The molecule has 0 aliphatic carbocycles. The van der Waals surface area contributed by atoms with E-state index in [-0.39, 0.29) is 19.6 Å². The monoisotopic (exact) mass is 263 g/mol. The van der Waals surface area contributed by atoms with Gasteiger partial charge < -0.3 is 10.2 Å². The van der Waals surface area contributed by atoms with Crippen LogP contribution in [-0.2, 0) is 16.1 Å². The third-order valence-electron chi connectivity index (χ3n) is 2.57. The highest BCUT2D eigenvalue weighted by atomic mass is 16.4. The summed E-state index contributed by atoms with van der Waals surface area (Å²) in [5, 5.41) is 17.5. The van der Waals surface area contributed by atoms with Gasteiger partial charge in [-0.3, -0.25) is 14.5 Å². The molecule has 0 bridgehead atoms. The van der Waals surface area contributed by atoms with Gasteiger partial charge in [-0.1, -0.05) is 36.4 Å². The summed E-state index contributed by atoms with van der Waals surface area (Å²) in [6, 6.07) is 7.47. The molecule has 0 saturated carbocycles. The number of benzene rings is 1. The number of rotatable bonds is 7. The Labute approximate surface area is 111 Å². The molecule has 0 heterocycles. The third-order valence-corrected chi connectivity index (χ3v) is 2.57. The molecule has 1 rings (SSSR count). The molecule has 0 unspecified atom stereocenters. The average molecular weight is 263 g/mol. The van der Waals surface area contributed by atoms with Crippen LogP contribution < -0.4 is 0 Å². The highest BCUT2D eigenvalue weighted by molar-refractivity contribution is 5.72. The van der Waals surface area contributed by atoms with Gasteiger partial charge in [-0.25, -0.2) is 0 Å². The van der Waals surface area contributed by atoms with Crippen LogP contribution in [0.4, 0.5) is 0 Å². The highest BCUT2D eigenvalue weighted by Crippen LogP contribution is 2.13. The zero-order valence-electron chi connectivity index (χ0n) is 10.8. The van der Waals surface area contributed by atoms with Crippen molar-refractivity contribution < 1.29 is 19.8 Å². The van der Waals surface area contributed by atoms with Crippen molar-refractivity contribution in [1.82, 2.24) is 4.90 Å². The summed E-state index contributed by atoms with van der Waals surface area (Å²) in [5.74, 6) is -2.08. The van der Waals surface area contributed by atoms with Gasteiger partial charge in [0.25, 0.3) is 0 Å². The van der Waals surface area contributed by atoms with Crippen LogP contribution in [0.5, 0.6) is 0 Å². The number of hydrogen-bond acceptors (Lipinski definition) is 3. The zero-order valence-corrected chi connectivity index (χ0v) is 10.8. The maximum Gasteiger partial charge on any atom is 0.317 e. The van der Waals surface area contributed by atoms with E-state index >= 15 is 0 Å². The predicted molar refractivity (Wildman–Crippen MR) is 71.7 cm³/mol. The van der Waals surface area contributed by atoms with Crippen LogP contribution >= 0.6 is 0 Å². The summed E-state index contributed by atoms with van der Waals surface area (Å²) in [6.45, 7) is 5.42. The summed E-state index contributed by atoms with van der Waals surface area (Å²) in [6.07, 6.45) is 0. The van der Waals surface area contributed by atoms with Crippen LogP contribution in [0.2, 0.25) is 0 Å². The van der Waals surface area contributed by atoms with Gasteiger partial charge in [-0.05, 0) is 18.1 Å². The van der Waals surface area contributed by atoms with E-state index in [0.29, 0.717) is 0 Å². The van der Waals surface area contributed by atoms with E-state index in [2.05, 4.69) is 6.58 Å². The second kappa shape index (κ2) is 6.70. The molecule has 2 N–H and O–H groups in total. The van der Waals surface area contributed by atoms with Crippen molar-refractivity contribution in [2.24, 2.45) is 0 Å². The maximum atomic E-state index is 10.7. The fourth-order valence-electron chi connectivity index (χ4n) is 1.70. The lowest BCUT2D eigenvalue weighted by atomic mass is 10.1. The van der Waals surface area contributed by atoms with Gasteiger partial charge in [0.15, 0.2) is 0 Å². The minimum atomic E-state index is -1.04. The largest absolute Gasteiger partial charge is 0.480 e. The van der Waals surface area contributed by atoms with Crippen LogP contribution in [0.3, 0.4) is 0 Å². The molecule has 5 heteroatoms. The Kier molecular flexibility index (Phi) is 5.26. The Balaban J connectivity index is 2.74. The average Bonchev–Trinajstić information content (AvgIpc) is 2.27. The van der Waals surface area contributed by atoms with Gasteiger partial charge in [-0.15, -0.1) is 0 Å². The van der Waals surface area contributed by atoms with Crippen LogP contribution in [-0.4, -0.2) is 40.1 Å². The molecule has 1 aromatic carbocycles. The molecule has 102 valence electrons. The van der Waals surface area contributed by atoms with Crippen molar-refractivity contribution in [3.05, 3.63) is 42.0 Å². The molecule has 0 aliphatic heterocycles. The SMILES string of the molecule is C=C(C)c1ccc(CN(CC(=O)O)CC(=O)O)cc1. The summed E-state index contributed by atoms with van der Waals surface area (Å²) in [7, 11) is 0. The van der Waals surface area contributed by atoms with Crippen molar-refractivity contribution in [3.8, 4) is 0 Å². The van der Waals surface area contributed by atoms with Gasteiger partial charge in [0.1, 0.15) is 0 Å². The van der Waals surface area contributed by atoms with E-state index in [0.717, 1.165) is 16.7 Å². The molecule has 5 nitrogen and oxygen atoms in total. The van der Waals surface area contributed by atoms with Crippen LogP contribution in [0.1, 0.15) is 18.1 Å². The topological polar surface area (TPSA) is 77.8 Å². The number of carbonyl (C=O) groups is 2. The van der Waals surface area contributed by atoms with Crippen molar-refractivity contribution in [2.75, 3.05) is 13.1 Å². The lowest BCUT2D eigenvalue weighted by Crippen LogP contribution is -2.33. The predicted octanol–water partition coefficient (Wildman–Crippen LogP) is 1.69. The van der Waals surface area contributed by atoms with E-state index < -0.39 is 11.9 Å². The Morgan fingerprint density at radius 3 is 1.95 bits per heavy atom. The molecule has 0 aliphatic rings. The zero-order chi connectivity index (χ0) is 14.4. The number of carboxylic acid groups (broad SMARTS) is 2. The maximum absolute atomic E-state index is 10.7. The van der Waals surface area contributed by atoms with Gasteiger partial charge >= 0.3 is 11.9 Å². The summed E-state index contributed by atoms with van der Waals surface area (Å²) >= 11 is 0. The summed E-state index contributed by atoms with van der Waals surface area (Å²) in [4.78, 5) is 22.7. The fraction of sp³-hybridized carbons (Fsp3) is 0.286. The van der Waals surface area contributed by atoms with Crippen LogP contribution in [0, 0.1) is 0 Å². The number of carboxylic acids is 2. The molecule has 0 saturated heterocycles. The highest BCUT2D eigenvalue weighted by Gasteiger charge is 2.13.